The maximum absolute atomic E-state index is 9.89. The van der Waals surface area contributed by atoms with Crippen LogP contribution in [0.25, 0.3) is 0 Å². The summed E-state index contributed by atoms with van der Waals surface area (Å²) in [5.41, 5.74) is 2.02. The van der Waals surface area contributed by atoms with Crippen LogP contribution in [0.1, 0.15) is 5.56 Å². The third-order valence-electron chi connectivity index (χ3n) is 3.11. The Morgan fingerprint density at radius 1 is 1.10 bits per heavy atom. The molecule has 2 aromatic carbocycles. The topological polar surface area (TPSA) is 50.7 Å². The second kappa shape index (κ2) is 7.13. The largest absolute Gasteiger partial charge is 0.502 e. The number of rotatable bonds is 6. The van der Waals surface area contributed by atoms with Crippen molar-refractivity contribution in [1.29, 1.82) is 0 Å². The molecule has 21 heavy (non-hydrogen) atoms. The number of methoxy groups -OCH3 is 2. The number of phenols is 1. The van der Waals surface area contributed by atoms with Crippen LogP contribution in [0, 0.1) is 0 Å². The Morgan fingerprint density at radius 3 is 2.33 bits per heavy atom. The average Bonchev–Trinajstić information content (AvgIpc) is 2.54. The molecular formula is C16H19NO3S. The van der Waals surface area contributed by atoms with E-state index in [0.29, 0.717) is 18.0 Å². The van der Waals surface area contributed by atoms with Gasteiger partial charge >= 0.3 is 0 Å². The van der Waals surface area contributed by atoms with Crippen molar-refractivity contribution in [2.75, 3.05) is 25.8 Å². The predicted molar refractivity (Wildman–Crippen MR) is 86.8 cm³/mol. The SMILES string of the molecule is COc1cc(CNc2cccc(SC)c2)cc(OC)c1O. The maximum atomic E-state index is 9.89. The van der Waals surface area contributed by atoms with Crippen molar-refractivity contribution in [2.45, 2.75) is 11.4 Å². The van der Waals surface area contributed by atoms with Crippen LogP contribution in [0.5, 0.6) is 17.2 Å². The molecule has 0 aliphatic carbocycles. The fraction of sp³-hybridized carbons (Fsp3) is 0.250. The van der Waals surface area contributed by atoms with E-state index in [1.165, 1.54) is 19.1 Å². The standard InChI is InChI=1S/C16H19NO3S/c1-19-14-7-11(8-15(20-2)16(14)18)10-17-12-5-4-6-13(9-12)21-3/h4-9,17-18H,10H2,1-3H3. The summed E-state index contributed by atoms with van der Waals surface area (Å²) >= 11 is 1.71. The molecular weight excluding hydrogens is 286 g/mol. The molecule has 112 valence electrons. The summed E-state index contributed by atoms with van der Waals surface area (Å²) in [6.07, 6.45) is 2.05. The van der Waals surface area contributed by atoms with Gasteiger partial charge in [0.05, 0.1) is 14.2 Å². The number of aromatic hydroxyl groups is 1. The predicted octanol–water partition coefficient (Wildman–Crippen LogP) is 3.74. The molecule has 2 aromatic rings. The number of anilines is 1. The van der Waals surface area contributed by atoms with E-state index in [1.807, 2.05) is 12.1 Å². The number of thioether (sulfide) groups is 1. The zero-order valence-corrected chi connectivity index (χ0v) is 13.2. The van der Waals surface area contributed by atoms with Gasteiger partial charge in [0.1, 0.15) is 0 Å². The highest BCUT2D eigenvalue weighted by molar-refractivity contribution is 7.98. The minimum Gasteiger partial charge on any atom is -0.502 e. The molecule has 0 aliphatic rings. The van der Waals surface area contributed by atoms with Gasteiger partial charge in [0.15, 0.2) is 11.5 Å². The van der Waals surface area contributed by atoms with Crippen LogP contribution < -0.4 is 14.8 Å². The molecule has 0 atom stereocenters. The summed E-state index contributed by atoms with van der Waals surface area (Å²) in [5, 5.41) is 13.2. The summed E-state index contributed by atoms with van der Waals surface area (Å²) in [5.74, 6) is 0.834. The van der Waals surface area contributed by atoms with Crippen molar-refractivity contribution in [3.8, 4) is 17.2 Å². The Kier molecular flexibility index (Phi) is 5.22. The van der Waals surface area contributed by atoms with Crippen molar-refractivity contribution >= 4 is 17.4 Å². The highest BCUT2D eigenvalue weighted by Crippen LogP contribution is 2.37. The fourth-order valence-electron chi connectivity index (χ4n) is 1.99. The van der Waals surface area contributed by atoms with Gasteiger partial charge in [-0.15, -0.1) is 11.8 Å². The first-order chi connectivity index (χ1) is 10.2. The third kappa shape index (κ3) is 3.76. The van der Waals surface area contributed by atoms with E-state index >= 15 is 0 Å². The number of hydrogen-bond acceptors (Lipinski definition) is 5. The van der Waals surface area contributed by atoms with E-state index in [1.54, 1.807) is 23.9 Å². The van der Waals surface area contributed by atoms with Gasteiger partial charge in [-0.3, -0.25) is 0 Å². The molecule has 4 nitrogen and oxygen atoms in total. The van der Waals surface area contributed by atoms with Gasteiger partial charge < -0.3 is 19.9 Å². The van der Waals surface area contributed by atoms with E-state index in [2.05, 4.69) is 23.7 Å². The second-order valence-corrected chi connectivity index (χ2v) is 5.31. The van der Waals surface area contributed by atoms with Gasteiger partial charge in [-0.25, -0.2) is 0 Å². The minimum atomic E-state index is 0.0214. The van der Waals surface area contributed by atoms with Crippen molar-refractivity contribution in [1.82, 2.24) is 0 Å². The quantitative estimate of drug-likeness (QED) is 0.796. The zero-order valence-electron chi connectivity index (χ0n) is 12.3. The van der Waals surface area contributed by atoms with Crippen molar-refractivity contribution in [2.24, 2.45) is 0 Å². The molecule has 0 saturated carbocycles. The van der Waals surface area contributed by atoms with Gasteiger partial charge in [0.2, 0.25) is 5.75 Å². The molecule has 2 N–H and O–H groups in total. The number of nitrogens with one attached hydrogen (secondary N) is 1. The first kappa shape index (κ1) is 15.4. The highest BCUT2D eigenvalue weighted by Gasteiger charge is 2.11. The van der Waals surface area contributed by atoms with Crippen LogP contribution in [0.3, 0.4) is 0 Å². The average molecular weight is 305 g/mol. The Hall–Kier alpha value is -2.01. The molecule has 5 heteroatoms. The van der Waals surface area contributed by atoms with Crippen molar-refractivity contribution in [3.05, 3.63) is 42.0 Å². The monoisotopic (exact) mass is 305 g/mol. The summed E-state index contributed by atoms with van der Waals surface area (Å²) in [7, 11) is 3.04. The van der Waals surface area contributed by atoms with Crippen molar-refractivity contribution in [3.63, 3.8) is 0 Å². The molecule has 0 fully saturated rings. The van der Waals surface area contributed by atoms with Gasteiger partial charge in [0.25, 0.3) is 0 Å². The third-order valence-corrected chi connectivity index (χ3v) is 3.83. The smallest absolute Gasteiger partial charge is 0.200 e. The number of phenolic OH excluding ortho intramolecular Hbond substituents is 1. The van der Waals surface area contributed by atoms with Gasteiger partial charge in [0, 0.05) is 17.1 Å². The molecule has 0 saturated heterocycles. The Bertz CT molecular complexity index is 591. The lowest BCUT2D eigenvalue weighted by atomic mass is 10.1. The van der Waals surface area contributed by atoms with E-state index < -0.39 is 0 Å². The molecule has 0 radical (unpaired) electrons. The van der Waals surface area contributed by atoms with Gasteiger partial charge in [-0.2, -0.15) is 0 Å². The molecule has 0 heterocycles. The minimum absolute atomic E-state index is 0.0214. The summed E-state index contributed by atoms with van der Waals surface area (Å²) < 4.78 is 10.3. The van der Waals surface area contributed by atoms with Crippen LogP contribution in [0.2, 0.25) is 0 Å². The Balaban J connectivity index is 2.15. The highest BCUT2D eigenvalue weighted by atomic mass is 32.2. The van der Waals surface area contributed by atoms with E-state index in [4.69, 9.17) is 9.47 Å². The molecule has 0 spiro atoms. The summed E-state index contributed by atoms with van der Waals surface area (Å²) in [6, 6.07) is 11.8. The molecule has 0 amide bonds. The first-order valence-electron chi connectivity index (χ1n) is 6.49. The lowest BCUT2D eigenvalue weighted by Gasteiger charge is -2.12. The van der Waals surface area contributed by atoms with Crippen LogP contribution in [0.4, 0.5) is 5.69 Å². The summed E-state index contributed by atoms with van der Waals surface area (Å²) in [4.78, 5) is 1.21. The van der Waals surface area contributed by atoms with E-state index in [-0.39, 0.29) is 5.75 Å². The van der Waals surface area contributed by atoms with Gasteiger partial charge in [-0.1, -0.05) is 6.07 Å². The van der Waals surface area contributed by atoms with Crippen LogP contribution in [-0.2, 0) is 6.54 Å². The van der Waals surface area contributed by atoms with Crippen LogP contribution in [-0.4, -0.2) is 25.6 Å². The number of benzene rings is 2. The lowest BCUT2D eigenvalue weighted by molar-refractivity contribution is 0.339. The van der Waals surface area contributed by atoms with E-state index in [9.17, 15) is 5.11 Å². The van der Waals surface area contributed by atoms with E-state index in [0.717, 1.165) is 11.3 Å². The second-order valence-electron chi connectivity index (χ2n) is 4.43. The van der Waals surface area contributed by atoms with Crippen LogP contribution in [0.15, 0.2) is 41.3 Å². The lowest BCUT2D eigenvalue weighted by Crippen LogP contribution is -2.01. The molecule has 0 aliphatic heterocycles. The summed E-state index contributed by atoms with van der Waals surface area (Å²) in [6.45, 7) is 0.616. The Labute approximate surface area is 129 Å². The molecule has 2 rings (SSSR count). The molecule has 0 unspecified atom stereocenters. The zero-order chi connectivity index (χ0) is 15.2. The molecule has 0 aromatic heterocycles. The van der Waals surface area contributed by atoms with Crippen LogP contribution >= 0.6 is 11.8 Å². The Morgan fingerprint density at radius 2 is 1.76 bits per heavy atom. The normalized spacial score (nSPS) is 10.2. The maximum Gasteiger partial charge on any atom is 0.200 e. The number of ether oxygens (including phenoxy) is 2. The molecule has 0 bridgehead atoms. The fourth-order valence-corrected chi connectivity index (χ4v) is 2.45. The van der Waals surface area contributed by atoms with Crippen molar-refractivity contribution < 1.29 is 14.6 Å². The van der Waals surface area contributed by atoms with Gasteiger partial charge in [-0.05, 0) is 42.2 Å². The number of hydrogen-bond donors (Lipinski definition) is 2. The first-order valence-corrected chi connectivity index (χ1v) is 7.72.